The Bertz CT molecular complexity index is 1360. The molecule has 0 radical (unpaired) electrons. The Morgan fingerprint density at radius 2 is 1.67 bits per heavy atom. The molecule has 186 valence electrons. The normalized spacial score (nSPS) is 14.7. The number of hydrogen-bond donors (Lipinski definition) is 1. The number of para-hydroxylation sites is 2. The monoisotopic (exact) mass is 495 g/mol. The summed E-state index contributed by atoms with van der Waals surface area (Å²) in [7, 11) is 1.28. The average molecular weight is 495 g/mol. The number of esters is 1. The lowest BCUT2D eigenvalue weighted by atomic mass is 10.1. The number of morpholine rings is 1. The number of halogens is 2. The summed E-state index contributed by atoms with van der Waals surface area (Å²) in [4.78, 5) is 32.1. The summed E-state index contributed by atoms with van der Waals surface area (Å²) in [5.41, 5.74) is 1.43. The molecule has 12 heteroatoms. The second-order valence-corrected chi connectivity index (χ2v) is 7.96. The number of carbonyl (C=O) groups is 1. The molecule has 1 aliphatic rings. The number of fused-ring (bicyclic) bond motifs is 1. The summed E-state index contributed by atoms with van der Waals surface area (Å²) < 4.78 is 39.7. The van der Waals surface area contributed by atoms with Gasteiger partial charge in [0.2, 0.25) is 17.8 Å². The molecule has 5 rings (SSSR count). The fraction of sp³-hybridized carbons (Fsp3) is 0.292. The predicted octanol–water partition coefficient (Wildman–Crippen LogP) is 3.31. The van der Waals surface area contributed by atoms with Crippen LogP contribution in [-0.4, -0.2) is 63.9 Å². The first-order chi connectivity index (χ1) is 17.5. The summed E-state index contributed by atoms with van der Waals surface area (Å²) in [6, 6.07) is 14.7. The molecule has 0 spiro atoms. The second kappa shape index (κ2) is 10.2. The van der Waals surface area contributed by atoms with Crippen molar-refractivity contribution in [3.05, 3.63) is 66.0 Å². The molecule has 1 saturated heterocycles. The van der Waals surface area contributed by atoms with Crippen LogP contribution in [0.25, 0.3) is 17.0 Å². The molecule has 3 heterocycles. The number of rotatable bonds is 7. The van der Waals surface area contributed by atoms with Crippen LogP contribution >= 0.6 is 0 Å². The van der Waals surface area contributed by atoms with Gasteiger partial charge in [0, 0.05) is 13.1 Å². The van der Waals surface area contributed by atoms with Gasteiger partial charge in [-0.15, -0.1) is 0 Å². The third-order valence-electron chi connectivity index (χ3n) is 5.73. The fourth-order valence-electron chi connectivity index (χ4n) is 4.00. The van der Waals surface area contributed by atoms with Crippen molar-refractivity contribution >= 4 is 28.9 Å². The highest BCUT2D eigenvalue weighted by Crippen LogP contribution is 2.28. The number of hydrogen-bond acceptors (Lipinski definition) is 9. The minimum atomic E-state index is -2.87. The van der Waals surface area contributed by atoms with E-state index in [1.165, 1.54) is 11.7 Å². The molecule has 1 atom stereocenters. The number of benzene rings is 2. The zero-order chi connectivity index (χ0) is 25.1. The van der Waals surface area contributed by atoms with Crippen molar-refractivity contribution in [1.82, 2.24) is 24.5 Å². The van der Waals surface area contributed by atoms with Crippen molar-refractivity contribution in [2.45, 2.75) is 12.5 Å². The summed E-state index contributed by atoms with van der Waals surface area (Å²) in [6.45, 7) is 1.95. The van der Waals surface area contributed by atoms with Crippen molar-refractivity contribution < 1.29 is 23.0 Å². The molecule has 4 aromatic rings. The molecule has 1 fully saturated rings. The van der Waals surface area contributed by atoms with Crippen LogP contribution in [0.15, 0.2) is 54.6 Å². The quantitative estimate of drug-likeness (QED) is 0.387. The van der Waals surface area contributed by atoms with Crippen molar-refractivity contribution in [3.8, 4) is 5.95 Å². The Labute approximate surface area is 204 Å². The first-order valence-corrected chi connectivity index (χ1v) is 11.3. The maximum atomic E-state index is 14.0. The predicted molar refractivity (Wildman–Crippen MR) is 127 cm³/mol. The van der Waals surface area contributed by atoms with Crippen molar-refractivity contribution in [1.29, 1.82) is 0 Å². The van der Waals surface area contributed by atoms with Gasteiger partial charge in [-0.2, -0.15) is 15.0 Å². The van der Waals surface area contributed by atoms with Crippen LogP contribution in [0.3, 0.4) is 0 Å². The first-order valence-electron chi connectivity index (χ1n) is 11.3. The SMILES string of the molecule is COC(=O)C(Nc1nc(N2CCOCC2)nc(-n2c(C(F)F)nc3ccccc32)n1)c1ccccc1. The van der Waals surface area contributed by atoms with Crippen molar-refractivity contribution in [2.24, 2.45) is 0 Å². The van der Waals surface area contributed by atoms with E-state index in [0.717, 1.165) is 0 Å². The van der Waals surface area contributed by atoms with Gasteiger partial charge in [-0.05, 0) is 17.7 Å². The van der Waals surface area contributed by atoms with E-state index in [1.807, 2.05) is 11.0 Å². The zero-order valence-electron chi connectivity index (χ0n) is 19.3. The summed E-state index contributed by atoms with van der Waals surface area (Å²) in [5, 5.41) is 3.01. The number of nitrogens with zero attached hydrogens (tertiary/aromatic N) is 6. The Balaban J connectivity index is 1.65. The van der Waals surface area contributed by atoms with Gasteiger partial charge < -0.3 is 19.7 Å². The molecule has 36 heavy (non-hydrogen) atoms. The average Bonchev–Trinajstić information content (AvgIpc) is 3.32. The third-order valence-corrected chi connectivity index (χ3v) is 5.73. The van der Waals surface area contributed by atoms with E-state index in [2.05, 4.69) is 25.3 Å². The lowest BCUT2D eigenvalue weighted by Crippen LogP contribution is -2.38. The molecular formula is C24H23F2N7O3. The van der Waals surface area contributed by atoms with Gasteiger partial charge in [0.25, 0.3) is 6.43 Å². The van der Waals surface area contributed by atoms with Crippen molar-refractivity contribution in [3.63, 3.8) is 0 Å². The minimum absolute atomic E-state index is 0.0266. The van der Waals surface area contributed by atoms with Crippen LogP contribution in [0.1, 0.15) is 23.9 Å². The molecule has 1 N–H and O–H groups in total. The molecule has 2 aromatic heterocycles. The van der Waals surface area contributed by atoms with Crippen LogP contribution in [0.4, 0.5) is 20.7 Å². The maximum absolute atomic E-state index is 14.0. The number of methoxy groups -OCH3 is 1. The summed E-state index contributed by atoms with van der Waals surface area (Å²) >= 11 is 0. The smallest absolute Gasteiger partial charge is 0.333 e. The third kappa shape index (κ3) is 4.67. The molecule has 0 bridgehead atoms. The van der Waals surface area contributed by atoms with Gasteiger partial charge in [0.05, 0.1) is 31.4 Å². The number of anilines is 2. The molecule has 1 unspecified atom stereocenters. The van der Waals surface area contributed by atoms with Gasteiger partial charge in [0.1, 0.15) is 0 Å². The number of nitrogens with one attached hydrogen (secondary N) is 1. The van der Waals surface area contributed by atoms with Gasteiger partial charge in [-0.1, -0.05) is 42.5 Å². The molecular weight excluding hydrogens is 472 g/mol. The Kier molecular flexibility index (Phi) is 6.67. The number of carbonyl (C=O) groups excluding carboxylic acids is 1. The van der Waals surface area contributed by atoms with Crippen LogP contribution in [0.5, 0.6) is 0 Å². The Morgan fingerprint density at radius 1 is 0.972 bits per heavy atom. The highest BCUT2D eigenvalue weighted by Gasteiger charge is 2.27. The molecule has 0 aliphatic carbocycles. The number of ether oxygens (including phenoxy) is 2. The van der Waals surface area contributed by atoms with Crippen LogP contribution in [0, 0.1) is 0 Å². The summed E-state index contributed by atoms with van der Waals surface area (Å²) in [6.07, 6.45) is -2.87. The number of imidazole rings is 1. The zero-order valence-corrected chi connectivity index (χ0v) is 19.3. The first kappa shape index (κ1) is 23.5. The van der Waals surface area contributed by atoms with Gasteiger partial charge >= 0.3 is 5.97 Å². The molecule has 1 aliphatic heterocycles. The van der Waals surface area contributed by atoms with Crippen LogP contribution in [0.2, 0.25) is 0 Å². The van der Waals surface area contributed by atoms with Gasteiger partial charge in [0.15, 0.2) is 11.9 Å². The van der Waals surface area contributed by atoms with Crippen LogP contribution < -0.4 is 10.2 Å². The molecule has 2 aromatic carbocycles. The number of alkyl halides is 2. The number of aromatic nitrogens is 5. The highest BCUT2D eigenvalue weighted by atomic mass is 19.3. The molecule has 0 saturated carbocycles. The summed E-state index contributed by atoms with van der Waals surface area (Å²) in [5.74, 6) is -0.805. The largest absolute Gasteiger partial charge is 0.467 e. The standard InChI is InChI=1S/C24H23F2N7O3/c1-35-21(34)18(15-7-3-2-4-8-15)28-22-29-23(32-11-13-36-14-12-32)31-24(30-22)33-17-10-6-5-9-16(17)27-20(33)19(25)26/h2-10,18-19H,11-14H2,1H3,(H,28,29,30,31). The topological polar surface area (TPSA) is 107 Å². The van der Waals surface area contributed by atoms with E-state index in [4.69, 9.17) is 9.47 Å². The minimum Gasteiger partial charge on any atom is -0.467 e. The lowest BCUT2D eigenvalue weighted by molar-refractivity contribution is -0.141. The molecule has 0 amide bonds. The van der Waals surface area contributed by atoms with Gasteiger partial charge in [-0.25, -0.2) is 18.6 Å². The van der Waals surface area contributed by atoms with E-state index in [1.54, 1.807) is 48.5 Å². The Hall–Kier alpha value is -4.19. The highest BCUT2D eigenvalue weighted by molar-refractivity contribution is 5.80. The van der Waals surface area contributed by atoms with E-state index in [-0.39, 0.29) is 17.8 Å². The van der Waals surface area contributed by atoms with Gasteiger partial charge in [-0.3, -0.25) is 4.57 Å². The Morgan fingerprint density at radius 3 is 2.39 bits per heavy atom. The second-order valence-electron chi connectivity index (χ2n) is 7.96. The fourth-order valence-corrected chi connectivity index (χ4v) is 4.00. The van der Waals surface area contributed by atoms with E-state index < -0.39 is 24.3 Å². The lowest BCUT2D eigenvalue weighted by Gasteiger charge is -2.27. The van der Waals surface area contributed by atoms with E-state index in [9.17, 15) is 13.6 Å². The maximum Gasteiger partial charge on any atom is 0.333 e. The van der Waals surface area contributed by atoms with E-state index >= 15 is 0 Å². The van der Waals surface area contributed by atoms with Crippen LogP contribution in [-0.2, 0) is 14.3 Å². The van der Waals surface area contributed by atoms with Crippen molar-refractivity contribution in [2.75, 3.05) is 43.6 Å². The van der Waals surface area contributed by atoms with E-state index in [0.29, 0.717) is 42.9 Å². The molecule has 10 nitrogen and oxygen atoms in total.